The molecule has 0 heterocycles. The second-order valence-corrected chi connectivity index (χ2v) is 6.26. The number of carbonyl (C=O) groups is 1. The molecule has 2 rings (SSSR count). The molecule has 0 aromatic carbocycles. The average molecular weight is 252 g/mol. The van der Waals surface area contributed by atoms with E-state index in [4.69, 9.17) is 4.74 Å². The van der Waals surface area contributed by atoms with E-state index in [9.17, 15) is 4.79 Å². The maximum Gasteiger partial charge on any atom is 0.133 e. The van der Waals surface area contributed by atoms with Crippen molar-refractivity contribution in [3.63, 3.8) is 0 Å². The van der Waals surface area contributed by atoms with E-state index in [2.05, 4.69) is 6.92 Å². The van der Waals surface area contributed by atoms with E-state index in [1.54, 1.807) is 0 Å². The highest BCUT2D eigenvalue weighted by atomic mass is 16.5. The van der Waals surface area contributed by atoms with Crippen LogP contribution in [0.3, 0.4) is 0 Å². The molecule has 4 atom stereocenters. The van der Waals surface area contributed by atoms with Gasteiger partial charge in [-0.05, 0) is 43.4 Å². The molecule has 104 valence electrons. The first-order valence-electron chi connectivity index (χ1n) is 7.79. The summed E-state index contributed by atoms with van der Waals surface area (Å²) in [5, 5.41) is 0. The summed E-state index contributed by atoms with van der Waals surface area (Å²) in [5.74, 6) is 2.89. The minimum atomic E-state index is 0.453. The molecule has 18 heavy (non-hydrogen) atoms. The van der Waals surface area contributed by atoms with Gasteiger partial charge in [-0.2, -0.15) is 0 Å². The van der Waals surface area contributed by atoms with E-state index < -0.39 is 0 Å². The molecule has 0 saturated heterocycles. The van der Waals surface area contributed by atoms with Gasteiger partial charge >= 0.3 is 0 Å². The maximum atomic E-state index is 11.5. The quantitative estimate of drug-likeness (QED) is 0.641. The molecule has 2 aliphatic rings. The lowest BCUT2D eigenvalue weighted by molar-refractivity contribution is -0.118. The highest BCUT2D eigenvalue weighted by molar-refractivity contribution is 5.81. The van der Waals surface area contributed by atoms with Crippen LogP contribution in [0.5, 0.6) is 0 Å². The van der Waals surface area contributed by atoms with E-state index in [1.807, 2.05) is 7.11 Å². The van der Waals surface area contributed by atoms with E-state index in [-0.39, 0.29) is 0 Å². The predicted molar refractivity (Wildman–Crippen MR) is 73.5 cm³/mol. The van der Waals surface area contributed by atoms with Crippen molar-refractivity contribution in [1.82, 2.24) is 0 Å². The zero-order valence-corrected chi connectivity index (χ0v) is 12.0. The number of unbranched alkanes of at least 4 members (excludes halogenated alkanes) is 1. The summed E-state index contributed by atoms with van der Waals surface area (Å²) in [4.78, 5) is 11.5. The molecule has 0 bridgehead atoms. The van der Waals surface area contributed by atoms with E-state index in [0.717, 1.165) is 37.0 Å². The molecule has 0 N–H and O–H groups in total. The minimum Gasteiger partial charge on any atom is -0.381 e. The van der Waals surface area contributed by atoms with E-state index >= 15 is 0 Å². The maximum absolute atomic E-state index is 11.5. The second-order valence-electron chi connectivity index (χ2n) is 6.26. The molecule has 2 fully saturated rings. The zero-order chi connectivity index (χ0) is 13.0. The Labute approximate surface area is 111 Å². The third-order valence-electron chi connectivity index (χ3n) is 5.21. The number of ketones is 1. The Bertz CT molecular complexity index is 270. The molecule has 0 aliphatic heterocycles. The van der Waals surface area contributed by atoms with Crippen LogP contribution in [0.15, 0.2) is 0 Å². The number of hydrogen-bond donors (Lipinski definition) is 0. The van der Waals surface area contributed by atoms with Gasteiger partial charge in [-0.25, -0.2) is 0 Å². The summed E-state index contributed by atoms with van der Waals surface area (Å²) >= 11 is 0. The van der Waals surface area contributed by atoms with Gasteiger partial charge in [0.15, 0.2) is 0 Å². The van der Waals surface area contributed by atoms with Crippen LogP contribution in [0, 0.1) is 17.8 Å². The number of carbonyl (C=O) groups excluding carboxylic acids is 1. The van der Waals surface area contributed by atoms with Crippen molar-refractivity contribution in [2.75, 3.05) is 7.11 Å². The fourth-order valence-electron chi connectivity index (χ4n) is 4.09. The Morgan fingerprint density at radius 2 is 2.11 bits per heavy atom. The molecule has 2 aliphatic carbocycles. The van der Waals surface area contributed by atoms with Gasteiger partial charge in [0.25, 0.3) is 0 Å². The number of rotatable bonds is 7. The minimum absolute atomic E-state index is 0.453. The Hall–Kier alpha value is -0.370. The molecular weight excluding hydrogens is 224 g/mol. The lowest BCUT2D eigenvalue weighted by Gasteiger charge is -2.18. The van der Waals surface area contributed by atoms with Crippen LogP contribution in [-0.4, -0.2) is 19.0 Å². The standard InChI is InChI=1S/C16H28O2/c1-3-15(18-2)7-5-4-6-12-8-9-13-10-14(17)11-16(12)13/h12-13,15-16H,3-11H2,1-2H3/t12?,13-,15?,16-/m0/s1. The lowest BCUT2D eigenvalue weighted by Crippen LogP contribution is -2.11. The largest absolute Gasteiger partial charge is 0.381 e. The van der Waals surface area contributed by atoms with Crippen LogP contribution in [0.2, 0.25) is 0 Å². The monoisotopic (exact) mass is 252 g/mol. The Balaban J connectivity index is 1.64. The van der Waals surface area contributed by atoms with E-state index in [1.165, 1.54) is 38.5 Å². The number of ether oxygens (including phenoxy) is 1. The molecule has 0 aromatic rings. The number of methoxy groups -OCH3 is 1. The smallest absolute Gasteiger partial charge is 0.133 e. The van der Waals surface area contributed by atoms with Gasteiger partial charge in [-0.15, -0.1) is 0 Å². The van der Waals surface area contributed by atoms with Crippen molar-refractivity contribution in [3.05, 3.63) is 0 Å². The third-order valence-corrected chi connectivity index (χ3v) is 5.21. The number of Topliss-reactive ketones (excluding diaryl/α,β-unsaturated/α-hetero) is 1. The molecule has 2 unspecified atom stereocenters. The van der Waals surface area contributed by atoms with Crippen LogP contribution in [0.1, 0.15) is 64.7 Å². The van der Waals surface area contributed by atoms with Crippen LogP contribution < -0.4 is 0 Å². The fourth-order valence-corrected chi connectivity index (χ4v) is 4.09. The SMILES string of the molecule is CCC(CCCCC1CC[C@H]2CC(=O)C[C@@H]12)OC. The van der Waals surface area contributed by atoms with Crippen molar-refractivity contribution in [2.45, 2.75) is 70.8 Å². The summed E-state index contributed by atoms with van der Waals surface area (Å²) in [6.45, 7) is 2.19. The molecule has 0 radical (unpaired) electrons. The molecule has 2 heteroatoms. The van der Waals surface area contributed by atoms with Gasteiger partial charge in [-0.1, -0.05) is 26.2 Å². The Morgan fingerprint density at radius 1 is 1.28 bits per heavy atom. The highest BCUT2D eigenvalue weighted by Crippen LogP contribution is 2.47. The summed E-state index contributed by atoms with van der Waals surface area (Å²) < 4.78 is 5.41. The van der Waals surface area contributed by atoms with Gasteiger partial charge in [0.1, 0.15) is 5.78 Å². The molecule has 0 amide bonds. The van der Waals surface area contributed by atoms with Crippen molar-refractivity contribution in [2.24, 2.45) is 17.8 Å². The van der Waals surface area contributed by atoms with Crippen molar-refractivity contribution < 1.29 is 9.53 Å². The first-order valence-corrected chi connectivity index (χ1v) is 7.79. The van der Waals surface area contributed by atoms with Gasteiger partial charge in [-0.3, -0.25) is 4.79 Å². The molecule has 0 aromatic heterocycles. The zero-order valence-electron chi connectivity index (χ0n) is 12.0. The summed E-state index contributed by atoms with van der Waals surface area (Å²) in [7, 11) is 1.82. The van der Waals surface area contributed by atoms with E-state index in [0.29, 0.717) is 11.9 Å². The van der Waals surface area contributed by atoms with Crippen molar-refractivity contribution >= 4 is 5.78 Å². The topological polar surface area (TPSA) is 26.3 Å². The number of hydrogen-bond acceptors (Lipinski definition) is 2. The van der Waals surface area contributed by atoms with Crippen molar-refractivity contribution in [3.8, 4) is 0 Å². The van der Waals surface area contributed by atoms with Crippen molar-refractivity contribution in [1.29, 1.82) is 0 Å². The lowest BCUT2D eigenvalue weighted by atomic mass is 9.88. The fraction of sp³-hybridized carbons (Fsp3) is 0.938. The van der Waals surface area contributed by atoms with Gasteiger partial charge < -0.3 is 4.74 Å². The normalized spacial score (nSPS) is 32.8. The molecular formula is C16H28O2. The van der Waals surface area contributed by atoms with Crippen LogP contribution in [0.4, 0.5) is 0 Å². The van der Waals surface area contributed by atoms with Crippen LogP contribution in [-0.2, 0) is 9.53 Å². The summed E-state index contributed by atoms with van der Waals surface area (Å²) in [5.41, 5.74) is 0. The first-order chi connectivity index (χ1) is 8.74. The summed E-state index contributed by atoms with van der Waals surface area (Å²) in [6.07, 6.45) is 11.2. The van der Waals surface area contributed by atoms with Gasteiger partial charge in [0, 0.05) is 20.0 Å². The summed E-state index contributed by atoms with van der Waals surface area (Å²) in [6, 6.07) is 0. The van der Waals surface area contributed by atoms with Crippen LogP contribution in [0.25, 0.3) is 0 Å². The molecule has 2 saturated carbocycles. The Morgan fingerprint density at radius 3 is 2.83 bits per heavy atom. The first kappa shape index (κ1) is 14.0. The second kappa shape index (κ2) is 6.70. The predicted octanol–water partition coefficient (Wildman–Crippen LogP) is 3.98. The molecule has 0 spiro atoms. The highest BCUT2D eigenvalue weighted by Gasteiger charge is 2.42. The Kier molecular flexibility index (Phi) is 5.23. The number of fused-ring (bicyclic) bond motifs is 1. The van der Waals surface area contributed by atoms with Gasteiger partial charge in [0.05, 0.1) is 6.10 Å². The molecule has 2 nitrogen and oxygen atoms in total. The third kappa shape index (κ3) is 3.34. The van der Waals surface area contributed by atoms with Gasteiger partial charge in [0.2, 0.25) is 0 Å². The average Bonchev–Trinajstić information content (AvgIpc) is 2.89. The van der Waals surface area contributed by atoms with Crippen LogP contribution >= 0.6 is 0 Å².